The fourth-order valence-electron chi connectivity index (χ4n) is 2.22. The van der Waals surface area contributed by atoms with Gasteiger partial charge in [0.15, 0.2) is 0 Å². The van der Waals surface area contributed by atoms with Crippen molar-refractivity contribution in [1.82, 2.24) is 5.32 Å². The van der Waals surface area contributed by atoms with Gasteiger partial charge in [-0.3, -0.25) is 0 Å². The lowest BCUT2D eigenvalue weighted by Crippen LogP contribution is -2.26. The maximum Gasteiger partial charge on any atom is 0.0587 e. The molecular formula is C18H31NO2. The number of hydrogen-bond acceptors (Lipinski definition) is 3. The Hall–Kier alpha value is -0.900. The number of rotatable bonds is 11. The van der Waals surface area contributed by atoms with Crippen molar-refractivity contribution >= 4 is 0 Å². The molecule has 1 rings (SSSR count). The molecule has 1 aromatic carbocycles. The molecule has 3 heteroatoms. The summed E-state index contributed by atoms with van der Waals surface area (Å²) in [6.07, 6.45) is 1.05. The quantitative estimate of drug-likeness (QED) is 0.635. The molecule has 21 heavy (non-hydrogen) atoms. The van der Waals surface area contributed by atoms with Crippen LogP contribution in [0.4, 0.5) is 0 Å². The summed E-state index contributed by atoms with van der Waals surface area (Å²) in [6, 6.07) is 8.85. The Kier molecular flexibility index (Phi) is 9.31. The van der Waals surface area contributed by atoms with E-state index in [0.717, 1.165) is 39.3 Å². The molecule has 1 aromatic rings. The van der Waals surface area contributed by atoms with Gasteiger partial charge in [-0.2, -0.15) is 0 Å². The number of nitrogens with one attached hydrogen (secondary N) is 1. The summed E-state index contributed by atoms with van der Waals surface area (Å²) in [5.41, 5.74) is 2.69. The van der Waals surface area contributed by atoms with E-state index >= 15 is 0 Å². The zero-order chi connectivity index (χ0) is 15.5. The maximum absolute atomic E-state index is 5.75. The van der Waals surface area contributed by atoms with Crippen molar-refractivity contribution in [2.24, 2.45) is 5.92 Å². The monoisotopic (exact) mass is 293 g/mol. The van der Waals surface area contributed by atoms with E-state index in [1.807, 2.05) is 0 Å². The number of ether oxygens (including phenoxy) is 2. The minimum atomic E-state index is 0.495. The number of hydrogen-bond donors (Lipinski definition) is 1. The Balaban J connectivity index is 2.46. The topological polar surface area (TPSA) is 30.5 Å². The van der Waals surface area contributed by atoms with Gasteiger partial charge in [-0.1, -0.05) is 43.7 Å². The van der Waals surface area contributed by atoms with Gasteiger partial charge < -0.3 is 14.8 Å². The molecule has 1 N–H and O–H groups in total. The first kappa shape index (κ1) is 18.1. The summed E-state index contributed by atoms with van der Waals surface area (Å²) >= 11 is 0. The van der Waals surface area contributed by atoms with Crippen LogP contribution in [-0.4, -0.2) is 40.0 Å². The highest BCUT2D eigenvalue weighted by Crippen LogP contribution is 2.19. The smallest absolute Gasteiger partial charge is 0.0587 e. The number of benzene rings is 1. The zero-order valence-corrected chi connectivity index (χ0v) is 14.0. The molecule has 1 unspecified atom stereocenters. The Labute approximate surface area is 130 Å². The van der Waals surface area contributed by atoms with Gasteiger partial charge in [-0.15, -0.1) is 0 Å². The second-order valence-corrected chi connectivity index (χ2v) is 6.06. The van der Waals surface area contributed by atoms with Gasteiger partial charge in [0.2, 0.25) is 0 Å². The number of methoxy groups -OCH3 is 1. The van der Waals surface area contributed by atoms with Crippen molar-refractivity contribution in [3.05, 3.63) is 35.4 Å². The molecule has 0 bridgehead atoms. The molecule has 0 aliphatic carbocycles. The second kappa shape index (κ2) is 10.8. The van der Waals surface area contributed by atoms with E-state index in [4.69, 9.17) is 9.47 Å². The lowest BCUT2D eigenvalue weighted by atomic mass is 9.95. The van der Waals surface area contributed by atoms with Gasteiger partial charge in [0, 0.05) is 33.4 Å². The molecule has 120 valence electrons. The second-order valence-electron chi connectivity index (χ2n) is 6.06. The molecule has 0 radical (unpaired) electrons. The van der Waals surface area contributed by atoms with Gasteiger partial charge in [0.05, 0.1) is 6.61 Å². The molecule has 1 atom stereocenters. The normalized spacial score (nSPS) is 12.8. The molecule has 0 spiro atoms. The van der Waals surface area contributed by atoms with Crippen LogP contribution in [-0.2, 0) is 9.47 Å². The fourth-order valence-corrected chi connectivity index (χ4v) is 2.22. The largest absolute Gasteiger partial charge is 0.383 e. The standard InChI is InChI=1S/C18H31NO2/c1-15(2)14-21-11-9-18(13-19-10-12-20-4)17-7-5-16(3)6-8-17/h5-8,15,18-19H,9-14H2,1-4H3. The Morgan fingerprint density at radius 3 is 2.43 bits per heavy atom. The highest BCUT2D eigenvalue weighted by atomic mass is 16.5. The molecule has 3 nitrogen and oxygen atoms in total. The van der Waals surface area contributed by atoms with Gasteiger partial charge in [-0.05, 0) is 30.7 Å². The van der Waals surface area contributed by atoms with Crippen LogP contribution in [0.25, 0.3) is 0 Å². The van der Waals surface area contributed by atoms with Crippen LogP contribution >= 0.6 is 0 Å². The van der Waals surface area contributed by atoms with E-state index in [0.29, 0.717) is 11.8 Å². The summed E-state index contributed by atoms with van der Waals surface area (Å²) < 4.78 is 10.8. The van der Waals surface area contributed by atoms with Crippen LogP contribution in [0.2, 0.25) is 0 Å². The molecular weight excluding hydrogens is 262 g/mol. The van der Waals surface area contributed by atoms with Crippen LogP contribution in [0.5, 0.6) is 0 Å². The van der Waals surface area contributed by atoms with E-state index in [-0.39, 0.29) is 0 Å². The van der Waals surface area contributed by atoms with Crippen LogP contribution < -0.4 is 5.32 Å². The van der Waals surface area contributed by atoms with Crippen molar-refractivity contribution < 1.29 is 9.47 Å². The minimum absolute atomic E-state index is 0.495. The molecule has 0 saturated heterocycles. The highest BCUT2D eigenvalue weighted by molar-refractivity contribution is 5.24. The van der Waals surface area contributed by atoms with Crippen LogP contribution in [0, 0.1) is 12.8 Å². The fraction of sp³-hybridized carbons (Fsp3) is 0.667. The first-order valence-corrected chi connectivity index (χ1v) is 7.97. The van der Waals surface area contributed by atoms with Crippen molar-refractivity contribution in [2.45, 2.75) is 33.1 Å². The third kappa shape index (κ3) is 8.20. The zero-order valence-electron chi connectivity index (χ0n) is 14.0. The third-order valence-corrected chi connectivity index (χ3v) is 3.48. The maximum atomic E-state index is 5.75. The lowest BCUT2D eigenvalue weighted by molar-refractivity contribution is 0.103. The van der Waals surface area contributed by atoms with E-state index in [1.54, 1.807) is 7.11 Å². The molecule has 0 aliphatic heterocycles. The van der Waals surface area contributed by atoms with Crippen molar-refractivity contribution in [1.29, 1.82) is 0 Å². The summed E-state index contributed by atoms with van der Waals surface area (Å²) in [6.45, 7) is 10.8. The molecule has 0 fully saturated rings. The Morgan fingerprint density at radius 2 is 1.81 bits per heavy atom. The first-order chi connectivity index (χ1) is 10.1. The SMILES string of the molecule is COCCNCC(CCOCC(C)C)c1ccc(C)cc1. The highest BCUT2D eigenvalue weighted by Gasteiger charge is 2.11. The minimum Gasteiger partial charge on any atom is -0.383 e. The van der Waals surface area contributed by atoms with E-state index < -0.39 is 0 Å². The summed E-state index contributed by atoms with van der Waals surface area (Å²) in [5, 5.41) is 3.47. The summed E-state index contributed by atoms with van der Waals surface area (Å²) in [7, 11) is 1.74. The van der Waals surface area contributed by atoms with Gasteiger partial charge in [-0.25, -0.2) is 0 Å². The summed E-state index contributed by atoms with van der Waals surface area (Å²) in [4.78, 5) is 0. The average Bonchev–Trinajstić information content (AvgIpc) is 2.46. The lowest BCUT2D eigenvalue weighted by Gasteiger charge is -2.19. The van der Waals surface area contributed by atoms with Gasteiger partial charge >= 0.3 is 0 Å². The molecule has 0 saturated carbocycles. The van der Waals surface area contributed by atoms with Crippen LogP contribution in [0.15, 0.2) is 24.3 Å². The number of aryl methyl sites for hydroxylation is 1. The molecule has 0 aromatic heterocycles. The molecule has 0 heterocycles. The summed E-state index contributed by atoms with van der Waals surface area (Å²) in [5.74, 6) is 1.09. The van der Waals surface area contributed by atoms with Crippen molar-refractivity contribution in [3.8, 4) is 0 Å². The van der Waals surface area contributed by atoms with Crippen molar-refractivity contribution in [2.75, 3.05) is 40.0 Å². The average molecular weight is 293 g/mol. The van der Waals surface area contributed by atoms with Gasteiger partial charge in [0.25, 0.3) is 0 Å². The van der Waals surface area contributed by atoms with E-state index in [2.05, 4.69) is 50.4 Å². The van der Waals surface area contributed by atoms with Crippen LogP contribution in [0.1, 0.15) is 37.3 Å². The van der Waals surface area contributed by atoms with Gasteiger partial charge in [0.1, 0.15) is 0 Å². The van der Waals surface area contributed by atoms with Crippen LogP contribution in [0.3, 0.4) is 0 Å². The predicted octanol–water partition coefficient (Wildman–Crippen LogP) is 3.38. The molecule has 0 aliphatic rings. The van der Waals surface area contributed by atoms with E-state index in [1.165, 1.54) is 11.1 Å². The third-order valence-electron chi connectivity index (χ3n) is 3.48. The van der Waals surface area contributed by atoms with Crippen molar-refractivity contribution in [3.63, 3.8) is 0 Å². The Bertz CT molecular complexity index is 362. The Morgan fingerprint density at radius 1 is 1.10 bits per heavy atom. The predicted molar refractivity (Wildman–Crippen MR) is 88.9 cm³/mol. The van der Waals surface area contributed by atoms with E-state index in [9.17, 15) is 0 Å². The first-order valence-electron chi connectivity index (χ1n) is 7.97. The molecule has 0 amide bonds.